The largest absolute Gasteiger partial charge is 0.372 e. The van der Waals surface area contributed by atoms with Crippen LogP contribution in [0.25, 0.3) is 21.1 Å². The molecule has 30 heavy (non-hydrogen) atoms. The SMILES string of the molecule is CC(=O)Nc1cc(NC(C)(C)C(=O)Nc2nc3ccc4[nH]ncc4c3s2)ccc1C. The summed E-state index contributed by atoms with van der Waals surface area (Å²) in [6.45, 7) is 6.97. The molecule has 0 saturated heterocycles. The van der Waals surface area contributed by atoms with E-state index in [1.54, 1.807) is 20.0 Å². The van der Waals surface area contributed by atoms with E-state index < -0.39 is 5.54 Å². The number of amides is 2. The molecule has 0 atom stereocenters. The van der Waals surface area contributed by atoms with Crippen LogP contribution in [0.5, 0.6) is 0 Å². The highest BCUT2D eigenvalue weighted by Crippen LogP contribution is 2.32. The van der Waals surface area contributed by atoms with Gasteiger partial charge in [0, 0.05) is 23.7 Å². The monoisotopic (exact) mass is 422 g/mol. The van der Waals surface area contributed by atoms with Gasteiger partial charge < -0.3 is 10.6 Å². The molecule has 0 bridgehead atoms. The normalized spacial score (nSPS) is 11.6. The van der Waals surface area contributed by atoms with Crippen LogP contribution < -0.4 is 16.0 Å². The van der Waals surface area contributed by atoms with Crippen LogP contribution in [0.1, 0.15) is 26.3 Å². The van der Waals surface area contributed by atoms with Crippen molar-refractivity contribution in [1.82, 2.24) is 15.2 Å². The molecule has 2 heterocycles. The van der Waals surface area contributed by atoms with Gasteiger partial charge in [0.15, 0.2) is 5.13 Å². The Labute approximate surface area is 177 Å². The molecule has 0 fully saturated rings. The van der Waals surface area contributed by atoms with Crippen molar-refractivity contribution in [2.24, 2.45) is 0 Å². The van der Waals surface area contributed by atoms with Gasteiger partial charge in [0.05, 0.1) is 21.9 Å². The van der Waals surface area contributed by atoms with E-state index >= 15 is 0 Å². The second-order valence-electron chi connectivity index (χ2n) is 7.68. The summed E-state index contributed by atoms with van der Waals surface area (Å²) >= 11 is 1.42. The minimum absolute atomic E-state index is 0.144. The van der Waals surface area contributed by atoms with Crippen LogP contribution >= 0.6 is 11.3 Å². The van der Waals surface area contributed by atoms with Crippen LogP contribution in [0.15, 0.2) is 36.5 Å². The van der Waals surface area contributed by atoms with Gasteiger partial charge in [-0.15, -0.1) is 0 Å². The van der Waals surface area contributed by atoms with Crippen molar-refractivity contribution in [3.8, 4) is 0 Å². The maximum Gasteiger partial charge on any atom is 0.251 e. The van der Waals surface area contributed by atoms with E-state index in [2.05, 4.69) is 31.1 Å². The van der Waals surface area contributed by atoms with Gasteiger partial charge in [-0.1, -0.05) is 17.4 Å². The second kappa shape index (κ2) is 7.42. The molecule has 9 heteroatoms. The Bertz CT molecular complexity index is 1270. The number of anilines is 3. The molecule has 0 radical (unpaired) electrons. The summed E-state index contributed by atoms with van der Waals surface area (Å²) in [5, 5.41) is 17.5. The highest BCUT2D eigenvalue weighted by molar-refractivity contribution is 7.23. The first kappa shape index (κ1) is 19.8. The number of fused-ring (bicyclic) bond motifs is 3. The zero-order chi connectivity index (χ0) is 21.5. The molecule has 2 aromatic carbocycles. The van der Waals surface area contributed by atoms with Crippen molar-refractivity contribution >= 4 is 60.8 Å². The number of rotatable bonds is 5. The molecule has 0 aliphatic rings. The fourth-order valence-corrected chi connectivity index (χ4v) is 4.12. The average Bonchev–Trinajstić information content (AvgIpc) is 3.29. The number of hydrogen-bond donors (Lipinski definition) is 4. The number of carbonyl (C=O) groups is 2. The predicted molar refractivity (Wildman–Crippen MR) is 121 cm³/mol. The van der Waals surface area contributed by atoms with E-state index in [-0.39, 0.29) is 11.8 Å². The zero-order valence-electron chi connectivity index (χ0n) is 17.1. The number of aromatic nitrogens is 3. The van der Waals surface area contributed by atoms with E-state index in [1.807, 2.05) is 37.3 Å². The summed E-state index contributed by atoms with van der Waals surface area (Å²) in [6, 6.07) is 9.42. The number of thiazole rings is 1. The van der Waals surface area contributed by atoms with Gasteiger partial charge in [0.1, 0.15) is 5.54 Å². The maximum atomic E-state index is 13.0. The van der Waals surface area contributed by atoms with Gasteiger partial charge in [0.2, 0.25) is 5.91 Å². The third kappa shape index (κ3) is 3.84. The molecule has 8 nitrogen and oxygen atoms in total. The summed E-state index contributed by atoms with van der Waals surface area (Å²) in [4.78, 5) is 28.9. The molecule has 0 saturated carbocycles. The van der Waals surface area contributed by atoms with Crippen molar-refractivity contribution in [3.63, 3.8) is 0 Å². The van der Waals surface area contributed by atoms with Crippen molar-refractivity contribution < 1.29 is 9.59 Å². The van der Waals surface area contributed by atoms with Gasteiger partial charge in [-0.3, -0.25) is 20.0 Å². The fraction of sp³-hybridized carbons (Fsp3) is 0.238. The number of carbonyl (C=O) groups excluding carboxylic acids is 2. The summed E-state index contributed by atoms with van der Waals surface area (Å²) in [5.74, 6) is -0.360. The Kier molecular flexibility index (Phi) is 4.90. The molecular formula is C21H22N6O2S. The third-order valence-electron chi connectivity index (χ3n) is 4.77. The highest BCUT2D eigenvalue weighted by atomic mass is 32.1. The Morgan fingerprint density at radius 1 is 1.13 bits per heavy atom. The lowest BCUT2D eigenvalue weighted by Gasteiger charge is -2.26. The predicted octanol–water partition coefficient (Wildman–Crippen LogP) is 4.27. The summed E-state index contributed by atoms with van der Waals surface area (Å²) in [6.07, 6.45) is 1.76. The van der Waals surface area contributed by atoms with E-state index in [4.69, 9.17) is 0 Å². The number of aromatic amines is 1. The molecule has 0 unspecified atom stereocenters. The lowest BCUT2D eigenvalue weighted by Crippen LogP contribution is -2.44. The van der Waals surface area contributed by atoms with E-state index in [0.717, 1.165) is 32.4 Å². The molecule has 0 aliphatic heterocycles. The first-order valence-corrected chi connectivity index (χ1v) is 10.2. The van der Waals surface area contributed by atoms with Gasteiger partial charge in [0.25, 0.3) is 5.91 Å². The average molecular weight is 423 g/mol. The van der Waals surface area contributed by atoms with Crippen molar-refractivity contribution in [2.75, 3.05) is 16.0 Å². The van der Waals surface area contributed by atoms with Crippen LogP contribution in [0, 0.1) is 6.92 Å². The van der Waals surface area contributed by atoms with Crippen LogP contribution in [-0.2, 0) is 9.59 Å². The summed E-state index contributed by atoms with van der Waals surface area (Å²) in [7, 11) is 0. The van der Waals surface area contributed by atoms with Crippen LogP contribution in [0.3, 0.4) is 0 Å². The van der Waals surface area contributed by atoms with Gasteiger partial charge in [-0.25, -0.2) is 4.98 Å². The quantitative estimate of drug-likeness (QED) is 0.384. The molecule has 0 spiro atoms. The molecule has 4 aromatic rings. The van der Waals surface area contributed by atoms with Crippen molar-refractivity contribution in [2.45, 2.75) is 33.2 Å². The molecule has 0 aliphatic carbocycles. The Morgan fingerprint density at radius 2 is 1.93 bits per heavy atom. The van der Waals surface area contributed by atoms with Crippen LogP contribution in [0.2, 0.25) is 0 Å². The lowest BCUT2D eigenvalue weighted by atomic mass is 10.0. The number of benzene rings is 2. The van der Waals surface area contributed by atoms with E-state index in [9.17, 15) is 9.59 Å². The van der Waals surface area contributed by atoms with E-state index in [0.29, 0.717) is 10.8 Å². The van der Waals surface area contributed by atoms with Gasteiger partial charge in [-0.2, -0.15) is 5.10 Å². The zero-order valence-corrected chi connectivity index (χ0v) is 17.9. The molecular weight excluding hydrogens is 400 g/mol. The number of aryl methyl sites for hydroxylation is 1. The smallest absolute Gasteiger partial charge is 0.251 e. The molecule has 4 rings (SSSR count). The van der Waals surface area contributed by atoms with Crippen molar-refractivity contribution in [1.29, 1.82) is 0 Å². The summed E-state index contributed by atoms with van der Waals surface area (Å²) < 4.78 is 0.973. The second-order valence-corrected chi connectivity index (χ2v) is 8.68. The van der Waals surface area contributed by atoms with Crippen molar-refractivity contribution in [3.05, 3.63) is 42.1 Å². The molecule has 2 amide bonds. The first-order chi connectivity index (χ1) is 14.2. The number of hydrogen-bond acceptors (Lipinski definition) is 6. The molecule has 2 aromatic heterocycles. The van der Waals surface area contributed by atoms with E-state index in [1.165, 1.54) is 18.3 Å². The van der Waals surface area contributed by atoms with Gasteiger partial charge >= 0.3 is 0 Å². The number of H-pyrrole nitrogens is 1. The third-order valence-corrected chi connectivity index (χ3v) is 5.79. The number of nitrogens with one attached hydrogen (secondary N) is 4. The Hall–Kier alpha value is -3.46. The Morgan fingerprint density at radius 3 is 2.70 bits per heavy atom. The van der Waals surface area contributed by atoms with Crippen LogP contribution in [0.4, 0.5) is 16.5 Å². The Balaban J connectivity index is 1.54. The highest BCUT2D eigenvalue weighted by Gasteiger charge is 2.28. The van der Waals surface area contributed by atoms with Gasteiger partial charge in [-0.05, 0) is 50.6 Å². The topological polar surface area (TPSA) is 112 Å². The summed E-state index contributed by atoms with van der Waals surface area (Å²) in [5.41, 5.74) is 3.21. The van der Waals surface area contributed by atoms with Crippen LogP contribution in [-0.4, -0.2) is 32.5 Å². The standard InChI is InChI=1S/C21H22N6O2S/c1-11-5-6-13(9-17(11)23-12(2)28)26-21(3,4)19(29)25-20-24-16-8-7-15-14(10-22-27-15)18(16)30-20/h5-10,26H,1-4H3,(H,22,27)(H,23,28)(H,24,25,29). The fourth-order valence-electron chi connectivity index (χ4n) is 3.15. The molecule has 4 N–H and O–H groups in total. The number of nitrogens with zero attached hydrogens (tertiary/aromatic N) is 2. The minimum Gasteiger partial charge on any atom is -0.372 e. The molecule has 154 valence electrons. The minimum atomic E-state index is -0.911. The first-order valence-electron chi connectivity index (χ1n) is 9.43. The maximum absolute atomic E-state index is 13.0. The lowest BCUT2D eigenvalue weighted by molar-refractivity contribution is -0.119.